The van der Waals surface area contributed by atoms with E-state index in [9.17, 15) is 4.79 Å². The molecular weight excluding hydrogens is 295 g/mol. The van der Waals surface area contributed by atoms with Crippen molar-refractivity contribution in [3.63, 3.8) is 0 Å². The van der Waals surface area contributed by atoms with E-state index in [1.54, 1.807) is 13.0 Å². The van der Waals surface area contributed by atoms with Crippen molar-refractivity contribution in [1.82, 2.24) is 0 Å². The standard InChI is InChI=1S/C10H11IO3/c1-6(5-11)8-4-9(13-3)7(2)10(12)14-8/h4-5H,1-3H3. The fraction of sp³-hybridized carbons (Fsp3) is 0.300. The molecule has 0 spiro atoms. The minimum Gasteiger partial charge on any atom is -0.496 e. The summed E-state index contributed by atoms with van der Waals surface area (Å²) in [4.78, 5) is 11.4. The molecule has 0 unspecified atom stereocenters. The molecule has 0 fully saturated rings. The van der Waals surface area contributed by atoms with Crippen LogP contribution in [0, 0.1) is 6.92 Å². The maximum atomic E-state index is 11.4. The Morgan fingerprint density at radius 2 is 2.29 bits per heavy atom. The van der Waals surface area contributed by atoms with Crippen LogP contribution in [0.4, 0.5) is 0 Å². The monoisotopic (exact) mass is 306 g/mol. The molecule has 0 amide bonds. The maximum Gasteiger partial charge on any atom is 0.342 e. The van der Waals surface area contributed by atoms with Crippen molar-refractivity contribution in [3.05, 3.63) is 31.9 Å². The first-order valence-electron chi connectivity index (χ1n) is 4.06. The molecule has 0 aliphatic carbocycles. The third-order valence-electron chi connectivity index (χ3n) is 1.91. The summed E-state index contributed by atoms with van der Waals surface area (Å²) >= 11 is 2.10. The van der Waals surface area contributed by atoms with Gasteiger partial charge in [-0.2, -0.15) is 0 Å². The molecule has 0 bridgehead atoms. The van der Waals surface area contributed by atoms with Crippen molar-refractivity contribution < 1.29 is 9.15 Å². The van der Waals surface area contributed by atoms with E-state index in [1.807, 2.05) is 11.0 Å². The topological polar surface area (TPSA) is 39.4 Å². The molecule has 1 aromatic heterocycles. The molecule has 0 saturated carbocycles. The molecule has 0 atom stereocenters. The average molecular weight is 306 g/mol. The Kier molecular flexibility index (Phi) is 3.74. The Balaban J connectivity index is 3.38. The lowest BCUT2D eigenvalue weighted by Gasteiger charge is -2.05. The van der Waals surface area contributed by atoms with Crippen LogP contribution in [-0.2, 0) is 0 Å². The molecule has 0 radical (unpaired) electrons. The summed E-state index contributed by atoms with van der Waals surface area (Å²) in [6, 6.07) is 1.72. The smallest absolute Gasteiger partial charge is 0.342 e. The third-order valence-corrected chi connectivity index (χ3v) is 2.85. The van der Waals surface area contributed by atoms with Gasteiger partial charge in [0.05, 0.1) is 12.7 Å². The van der Waals surface area contributed by atoms with Gasteiger partial charge in [0.15, 0.2) is 0 Å². The number of allylic oxidation sites excluding steroid dienone is 1. The zero-order valence-corrected chi connectivity index (χ0v) is 10.4. The van der Waals surface area contributed by atoms with Gasteiger partial charge in [0.2, 0.25) is 0 Å². The van der Waals surface area contributed by atoms with Crippen molar-refractivity contribution in [2.45, 2.75) is 13.8 Å². The van der Waals surface area contributed by atoms with Gasteiger partial charge in [-0.1, -0.05) is 22.6 Å². The predicted octanol–water partition coefficient (Wildman–Crippen LogP) is 2.75. The normalized spacial score (nSPS) is 11.6. The summed E-state index contributed by atoms with van der Waals surface area (Å²) in [6.45, 7) is 3.55. The lowest BCUT2D eigenvalue weighted by molar-refractivity contribution is 0.395. The van der Waals surface area contributed by atoms with Gasteiger partial charge in [0.1, 0.15) is 11.5 Å². The Labute approximate surface area is 95.9 Å². The first-order chi connectivity index (χ1) is 6.60. The molecule has 14 heavy (non-hydrogen) atoms. The zero-order chi connectivity index (χ0) is 10.7. The quantitative estimate of drug-likeness (QED) is 0.789. The van der Waals surface area contributed by atoms with Crippen LogP contribution in [-0.4, -0.2) is 7.11 Å². The number of rotatable bonds is 2. The molecule has 1 aromatic rings. The summed E-state index contributed by atoms with van der Waals surface area (Å²) in [5, 5.41) is 0. The number of methoxy groups -OCH3 is 1. The minimum absolute atomic E-state index is 0.350. The Morgan fingerprint density at radius 3 is 2.79 bits per heavy atom. The molecule has 0 aliphatic heterocycles. The molecular formula is C10H11IO3. The maximum absolute atomic E-state index is 11.4. The average Bonchev–Trinajstić information content (AvgIpc) is 2.20. The predicted molar refractivity (Wildman–Crippen MR) is 63.9 cm³/mol. The highest BCUT2D eigenvalue weighted by molar-refractivity contribution is 14.1. The SMILES string of the molecule is COc1cc(C(C)=CI)oc(=O)c1C. The van der Waals surface area contributed by atoms with Crippen LogP contribution in [0.1, 0.15) is 18.2 Å². The number of hydrogen-bond acceptors (Lipinski definition) is 3. The van der Waals surface area contributed by atoms with E-state index in [0.29, 0.717) is 17.1 Å². The van der Waals surface area contributed by atoms with Gasteiger partial charge in [0.25, 0.3) is 0 Å². The minimum atomic E-state index is -0.350. The van der Waals surface area contributed by atoms with Gasteiger partial charge < -0.3 is 9.15 Å². The molecule has 76 valence electrons. The molecule has 3 nitrogen and oxygen atoms in total. The van der Waals surface area contributed by atoms with E-state index >= 15 is 0 Å². The number of halogens is 1. The Bertz CT molecular complexity index is 418. The number of ether oxygens (including phenoxy) is 1. The van der Waals surface area contributed by atoms with Gasteiger partial charge >= 0.3 is 5.63 Å². The first-order valence-corrected chi connectivity index (χ1v) is 5.30. The number of hydrogen-bond donors (Lipinski definition) is 0. The van der Waals surface area contributed by atoms with Gasteiger partial charge in [-0.05, 0) is 23.5 Å². The van der Waals surface area contributed by atoms with Gasteiger partial charge in [-0.3, -0.25) is 0 Å². The molecule has 4 heteroatoms. The van der Waals surface area contributed by atoms with E-state index in [4.69, 9.17) is 9.15 Å². The lowest BCUT2D eigenvalue weighted by atomic mass is 10.2. The van der Waals surface area contributed by atoms with Crippen LogP contribution in [0.3, 0.4) is 0 Å². The lowest BCUT2D eigenvalue weighted by Crippen LogP contribution is -2.06. The molecule has 0 aliphatic rings. The van der Waals surface area contributed by atoms with Crippen LogP contribution in [0.5, 0.6) is 5.75 Å². The second-order valence-corrected chi connectivity index (χ2v) is 3.51. The second-order valence-electron chi connectivity index (χ2n) is 2.88. The van der Waals surface area contributed by atoms with Gasteiger partial charge in [-0.15, -0.1) is 0 Å². The molecule has 0 N–H and O–H groups in total. The van der Waals surface area contributed by atoms with Crippen LogP contribution in [0.15, 0.2) is 19.4 Å². The fourth-order valence-corrected chi connectivity index (χ4v) is 1.30. The van der Waals surface area contributed by atoms with Crippen LogP contribution in [0.25, 0.3) is 5.57 Å². The van der Waals surface area contributed by atoms with Crippen molar-refractivity contribution in [2.75, 3.05) is 7.11 Å². The van der Waals surface area contributed by atoms with Crippen molar-refractivity contribution in [3.8, 4) is 5.75 Å². The highest BCUT2D eigenvalue weighted by Gasteiger charge is 2.08. The second kappa shape index (κ2) is 4.63. The van der Waals surface area contributed by atoms with Crippen LogP contribution in [0.2, 0.25) is 0 Å². The first kappa shape index (κ1) is 11.3. The summed E-state index contributed by atoms with van der Waals surface area (Å²) in [7, 11) is 1.54. The van der Waals surface area contributed by atoms with Gasteiger partial charge in [-0.25, -0.2) is 4.79 Å². The summed E-state index contributed by atoms with van der Waals surface area (Å²) < 4.78 is 12.0. The van der Waals surface area contributed by atoms with E-state index in [2.05, 4.69) is 22.6 Å². The van der Waals surface area contributed by atoms with E-state index in [1.165, 1.54) is 7.11 Å². The molecule has 0 aromatic carbocycles. The molecule has 1 rings (SSSR count). The summed E-state index contributed by atoms with van der Waals surface area (Å²) in [6.07, 6.45) is 0. The van der Waals surface area contributed by atoms with Crippen molar-refractivity contribution in [1.29, 1.82) is 0 Å². The fourth-order valence-electron chi connectivity index (χ4n) is 0.994. The highest BCUT2D eigenvalue weighted by atomic mass is 127. The van der Waals surface area contributed by atoms with Crippen LogP contribution < -0.4 is 10.4 Å². The van der Waals surface area contributed by atoms with Crippen LogP contribution >= 0.6 is 22.6 Å². The van der Waals surface area contributed by atoms with Gasteiger partial charge in [0, 0.05) is 6.07 Å². The van der Waals surface area contributed by atoms with E-state index in [-0.39, 0.29) is 5.63 Å². The van der Waals surface area contributed by atoms with E-state index in [0.717, 1.165) is 5.57 Å². The Hall–Kier alpha value is -0.780. The third kappa shape index (κ3) is 2.17. The van der Waals surface area contributed by atoms with Crippen molar-refractivity contribution >= 4 is 28.2 Å². The highest BCUT2D eigenvalue weighted by Crippen LogP contribution is 2.21. The largest absolute Gasteiger partial charge is 0.496 e. The molecule has 0 saturated heterocycles. The van der Waals surface area contributed by atoms with E-state index < -0.39 is 0 Å². The zero-order valence-electron chi connectivity index (χ0n) is 8.26. The summed E-state index contributed by atoms with van der Waals surface area (Å²) in [5.74, 6) is 1.11. The molecule has 1 heterocycles. The Morgan fingerprint density at radius 1 is 1.64 bits per heavy atom. The summed E-state index contributed by atoms with van der Waals surface area (Å²) in [5.41, 5.74) is 1.05. The van der Waals surface area contributed by atoms with Crippen molar-refractivity contribution in [2.24, 2.45) is 0 Å².